The highest BCUT2D eigenvalue weighted by atomic mass is 32.1. The number of rotatable bonds is 5. The van der Waals surface area contributed by atoms with Crippen molar-refractivity contribution in [3.63, 3.8) is 0 Å². The van der Waals surface area contributed by atoms with Gasteiger partial charge in [0.15, 0.2) is 5.11 Å². The third kappa shape index (κ3) is 3.66. The molecule has 2 fully saturated rings. The van der Waals surface area contributed by atoms with Crippen molar-refractivity contribution in [3.8, 4) is 5.69 Å². The highest BCUT2D eigenvalue weighted by molar-refractivity contribution is 7.80. The van der Waals surface area contributed by atoms with Gasteiger partial charge in [0, 0.05) is 37.4 Å². The van der Waals surface area contributed by atoms with Gasteiger partial charge in [0.2, 0.25) is 0 Å². The maximum Gasteiger partial charge on any atom is 0.170 e. The average Bonchev–Trinajstić information content (AvgIpc) is 3.51. The normalized spacial score (nSPS) is 24.1. The van der Waals surface area contributed by atoms with Crippen molar-refractivity contribution < 1.29 is 4.74 Å². The van der Waals surface area contributed by atoms with Gasteiger partial charge in [0.25, 0.3) is 0 Å². The summed E-state index contributed by atoms with van der Waals surface area (Å²) in [6.07, 6.45) is 8.60. The van der Waals surface area contributed by atoms with Gasteiger partial charge in [-0.1, -0.05) is 24.3 Å². The lowest BCUT2D eigenvalue weighted by Crippen LogP contribution is -2.36. The van der Waals surface area contributed by atoms with Gasteiger partial charge in [-0.3, -0.25) is 4.98 Å². The van der Waals surface area contributed by atoms with Gasteiger partial charge in [-0.25, -0.2) is 0 Å². The second-order valence-corrected chi connectivity index (χ2v) is 7.99. The molecule has 1 aromatic carbocycles. The Morgan fingerprint density at radius 1 is 1.10 bits per heavy atom. The maximum absolute atomic E-state index is 5.91. The van der Waals surface area contributed by atoms with Crippen LogP contribution in [0, 0.1) is 0 Å². The standard InChI is InChI=1S/C23H24N4OS/c29-23-25-21(20-10-4-5-12-24-20)22(27(23)16-19-9-6-14-28-19)17-11-13-26(15-17)18-7-2-1-3-8-18/h1-5,7-8,10-13,15,19,21-22H,6,9,14,16H2,(H,25,29)/t19-,21-,22+/m1/s1. The van der Waals surface area contributed by atoms with E-state index in [2.05, 4.69) is 68.6 Å². The summed E-state index contributed by atoms with van der Waals surface area (Å²) in [6, 6.07) is 18.7. The van der Waals surface area contributed by atoms with Crippen LogP contribution >= 0.6 is 12.2 Å². The van der Waals surface area contributed by atoms with Crippen molar-refractivity contribution in [3.05, 3.63) is 84.4 Å². The van der Waals surface area contributed by atoms with Crippen molar-refractivity contribution >= 4 is 17.3 Å². The van der Waals surface area contributed by atoms with Crippen LogP contribution in [0.1, 0.15) is 36.2 Å². The molecule has 0 unspecified atom stereocenters. The van der Waals surface area contributed by atoms with E-state index in [0.717, 1.165) is 42.5 Å². The van der Waals surface area contributed by atoms with Gasteiger partial charge in [-0.15, -0.1) is 0 Å². The fourth-order valence-corrected chi connectivity index (χ4v) is 4.64. The monoisotopic (exact) mass is 404 g/mol. The molecule has 0 amide bonds. The number of ether oxygens (including phenoxy) is 1. The molecule has 0 saturated carbocycles. The minimum absolute atomic E-state index is 0.0109. The van der Waals surface area contributed by atoms with Crippen LogP contribution in [0.15, 0.2) is 73.2 Å². The van der Waals surface area contributed by atoms with E-state index in [1.165, 1.54) is 5.56 Å². The summed E-state index contributed by atoms with van der Waals surface area (Å²) < 4.78 is 8.08. The molecule has 0 spiro atoms. The van der Waals surface area contributed by atoms with E-state index in [4.69, 9.17) is 17.0 Å². The Kier molecular flexibility index (Phi) is 5.04. The van der Waals surface area contributed by atoms with Gasteiger partial charge in [0.1, 0.15) is 0 Å². The zero-order valence-electron chi connectivity index (χ0n) is 16.1. The predicted octanol–water partition coefficient (Wildman–Crippen LogP) is 4.02. The van der Waals surface area contributed by atoms with Crippen LogP contribution < -0.4 is 5.32 Å². The van der Waals surface area contributed by atoms with Crippen molar-refractivity contribution in [2.45, 2.75) is 31.0 Å². The quantitative estimate of drug-likeness (QED) is 0.651. The van der Waals surface area contributed by atoms with Crippen molar-refractivity contribution in [1.29, 1.82) is 0 Å². The largest absolute Gasteiger partial charge is 0.376 e. The summed E-state index contributed by atoms with van der Waals surface area (Å²) in [5, 5.41) is 4.29. The Balaban J connectivity index is 1.50. The van der Waals surface area contributed by atoms with Gasteiger partial charge in [-0.2, -0.15) is 0 Å². The molecule has 0 aliphatic carbocycles. The Labute approximate surface area is 176 Å². The number of thiocarbonyl (C=S) groups is 1. The Hall–Kier alpha value is -2.70. The number of hydrogen-bond donors (Lipinski definition) is 1. The van der Waals surface area contributed by atoms with Gasteiger partial charge < -0.3 is 19.5 Å². The third-order valence-electron chi connectivity index (χ3n) is 5.73. The summed E-state index contributed by atoms with van der Waals surface area (Å²) in [4.78, 5) is 6.90. The number of nitrogens with zero attached hydrogens (tertiary/aromatic N) is 3. The highest BCUT2D eigenvalue weighted by Crippen LogP contribution is 2.39. The minimum atomic E-state index is 0.0109. The van der Waals surface area contributed by atoms with Crippen LogP contribution in [0.2, 0.25) is 0 Å². The molecule has 3 atom stereocenters. The molecule has 3 aromatic rings. The third-order valence-corrected chi connectivity index (χ3v) is 6.09. The zero-order chi connectivity index (χ0) is 19.6. The van der Waals surface area contributed by atoms with Gasteiger partial charge in [-0.05, 0) is 61.0 Å². The first-order valence-corrected chi connectivity index (χ1v) is 10.5. The first-order valence-electron chi connectivity index (χ1n) is 10.1. The Bertz CT molecular complexity index is 969. The lowest BCUT2D eigenvalue weighted by molar-refractivity contribution is 0.0842. The fraction of sp³-hybridized carbons (Fsp3) is 0.304. The molecule has 5 rings (SSSR count). The molecule has 4 heterocycles. The number of pyridine rings is 1. The molecular formula is C23H24N4OS. The van der Waals surface area contributed by atoms with E-state index in [0.29, 0.717) is 0 Å². The fourth-order valence-electron chi connectivity index (χ4n) is 4.32. The van der Waals surface area contributed by atoms with Crippen molar-refractivity contribution in [2.75, 3.05) is 13.2 Å². The molecule has 148 valence electrons. The number of nitrogens with one attached hydrogen (secondary N) is 1. The minimum Gasteiger partial charge on any atom is -0.376 e. The predicted molar refractivity (Wildman–Crippen MR) is 117 cm³/mol. The summed E-state index contributed by atoms with van der Waals surface area (Å²) in [7, 11) is 0. The summed E-state index contributed by atoms with van der Waals surface area (Å²) in [5.74, 6) is 0. The molecule has 6 heteroatoms. The topological polar surface area (TPSA) is 42.3 Å². The lowest BCUT2D eigenvalue weighted by atomic mass is 9.99. The smallest absolute Gasteiger partial charge is 0.170 e. The van der Waals surface area contributed by atoms with E-state index < -0.39 is 0 Å². The highest BCUT2D eigenvalue weighted by Gasteiger charge is 2.41. The maximum atomic E-state index is 5.91. The molecule has 2 aliphatic heterocycles. The molecule has 0 radical (unpaired) electrons. The van der Waals surface area contributed by atoms with Crippen LogP contribution in [-0.4, -0.2) is 38.8 Å². The van der Waals surface area contributed by atoms with E-state index in [1.807, 2.05) is 24.4 Å². The second kappa shape index (κ2) is 7.97. The molecular weight excluding hydrogens is 380 g/mol. The molecule has 0 bridgehead atoms. The van der Waals surface area contributed by atoms with Crippen LogP contribution in [0.4, 0.5) is 0 Å². The zero-order valence-corrected chi connectivity index (χ0v) is 17.0. The molecule has 2 aliphatic rings. The van der Waals surface area contributed by atoms with E-state index in [9.17, 15) is 0 Å². The van der Waals surface area contributed by atoms with E-state index in [1.54, 1.807) is 0 Å². The van der Waals surface area contributed by atoms with Crippen LogP contribution in [0.25, 0.3) is 5.69 Å². The van der Waals surface area contributed by atoms with E-state index in [-0.39, 0.29) is 18.2 Å². The number of aromatic nitrogens is 2. The van der Waals surface area contributed by atoms with Gasteiger partial charge >= 0.3 is 0 Å². The molecule has 1 N–H and O–H groups in total. The summed E-state index contributed by atoms with van der Waals surface area (Å²) >= 11 is 5.75. The Morgan fingerprint density at radius 3 is 2.72 bits per heavy atom. The lowest BCUT2D eigenvalue weighted by Gasteiger charge is -2.29. The summed E-state index contributed by atoms with van der Waals surface area (Å²) in [5.41, 5.74) is 3.37. The van der Waals surface area contributed by atoms with Crippen LogP contribution in [-0.2, 0) is 4.74 Å². The van der Waals surface area contributed by atoms with Crippen molar-refractivity contribution in [1.82, 2.24) is 19.8 Å². The SMILES string of the molecule is S=C1N[C@H](c2ccccn2)[C@H](c2ccn(-c3ccccc3)c2)N1C[C@H]1CCCO1. The molecule has 29 heavy (non-hydrogen) atoms. The van der Waals surface area contributed by atoms with Crippen LogP contribution in [0.5, 0.6) is 0 Å². The Morgan fingerprint density at radius 2 is 1.97 bits per heavy atom. The molecule has 2 aromatic heterocycles. The number of benzene rings is 1. The van der Waals surface area contributed by atoms with Crippen molar-refractivity contribution in [2.24, 2.45) is 0 Å². The van der Waals surface area contributed by atoms with Crippen LogP contribution in [0.3, 0.4) is 0 Å². The summed E-state index contributed by atoms with van der Waals surface area (Å²) in [6.45, 7) is 1.65. The molecule has 2 saturated heterocycles. The first-order chi connectivity index (χ1) is 14.3. The van der Waals surface area contributed by atoms with E-state index >= 15 is 0 Å². The average molecular weight is 405 g/mol. The number of hydrogen-bond acceptors (Lipinski definition) is 3. The second-order valence-electron chi connectivity index (χ2n) is 7.60. The molecule has 5 nitrogen and oxygen atoms in total. The first kappa shape index (κ1) is 18.3. The van der Waals surface area contributed by atoms with Gasteiger partial charge in [0.05, 0.1) is 23.9 Å². The number of para-hydroxylation sites is 1.